The van der Waals surface area contributed by atoms with E-state index in [4.69, 9.17) is 11.6 Å². The van der Waals surface area contributed by atoms with E-state index in [-0.39, 0.29) is 33.7 Å². The maximum absolute atomic E-state index is 12.9. The largest absolute Gasteiger partial charge is 0.508 e. The third-order valence-electron chi connectivity index (χ3n) is 4.53. The first-order valence-electron chi connectivity index (χ1n) is 9.09. The molecule has 1 amide bonds. The van der Waals surface area contributed by atoms with Gasteiger partial charge in [-0.05, 0) is 54.4 Å². The predicted octanol–water partition coefficient (Wildman–Crippen LogP) is 4.43. The summed E-state index contributed by atoms with van der Waals surface area (Å²) in [6, 6.07) is 17.7. The maximum Gasteiger partial charge on any atom is 0.263 e. The highest BCUT2D eigenvalue weighted by molar-refractivity contribution is 7.92. The van der Waals surface area contributed by atoms with Crippen molar-refractivity contribution in [2.75, 3.05) is 11.8 Å². The number of hydrogen-bond donors (Lipinski definition) is 2. The molecule has 0 fully saturated rings. The van der Waals surface area contributed by atoms with Crippen molar-refractivity contribution in [2.24, 2.45) is 0 Å². The van der Waals surface area contributed by atoms with E-state index in [1.807, 2.05) is 6.07 Å². The Balaban J connectivity index is 1.87. The van der Waals surface area contributed by atoms with Gasteiger partial charge in [-0.25, -0.2) is 8.42 Å². The second-order valence-corrected chi connectivity index (χ2v) is 8.95. The van der Waals surface area contributed by atoms with Gasteiger partial charge in [0.15, 0.2) is 0 Å². The molecule has 0 saturated carbocycles. The fraction of sp³-hybridized carbons (Fsp3) is 0.136. The van der Waals surface area contributed by atoms with Gasteiger partial charge in [0.1, 0.15) is 10.6 Å². The smallest absolute Gasteiger partial charge is 0.263 e. The summed E-state index contributed by atoms with van der Waals surface area (Å²) in [5.41, 5.74) is 2.13. The van der Waals surface area contributed by atoms with Crippen LogP contribution in [0.3, 0.4) is 0 Å². The van der Waals surface area contributed by atoms with Crippen LogP contribution in [0.25, 0.3) is 0 Å². The molecule has 0 aliphatic carbocycles. The molecule has 2 N–H and O–H groups in total. The number of carbonyl (C=O) groups is 1. The molecule has 3 aromatic rings. The summed E-state index contributed by atoms with van der Waals surface area (Å²) in [6.45, 7) is 2.04. The maximum atomic E-state index is 12.9. The van der Waals surface area contributed by atoms with E-state index in [1.165, 1.54) is 23.1 Å². The fourth-order valence-electron chi connectivity index (χ4n) is 2.95. The van der Waals surface area contributed by atoms with Gasteiger partial charge in [0.25, 0.3) is 15.9 Å². The summed E-state index contributed by atoms with van der Waals surface area (Å²) >= 11 is 6.15. The molecule has 0 bridgehead atoms. The number of benzene rings is 3. The Morgan fingerprint density at radius 3 is 2.50 bits per heavy atom. The van der Waals surface area contributed by atoms with Crippen LogP contribution in [0.1, 0.15) is 21.5 Å². The Morgan fingerprint density at radius 1 is 1.07 bits per heavy atom. The van der Waals surface area contributed by atoms with E-state index in [0.29, 0.717) is 5.69 Å². The number of nitrogens with zero attached hydrogens (tertiary/aromatic N) is 1. The summed E-state index contributed by atoms with van der Waals surface area (Å²) in [6.07, 6.45) is 0. The van der Waals surface area contributed by atoms with Crippen molar-refractivity contribution >= 4 is 33.2 Å². The standard InChI is InChI=1S/C22H21ClN2O4S/c1-15-6-3-4-9-20(15)24-30(28,29)21-13-17(10-11-19(21)23)22(27)25(2)14-16-7-5-8-18(26)12-16/h3-13,24,26H,14H2,1-2H3. The van der Waals surface area contributed by atoms with Crippen molar-refractivity contribution in [3.05, 3.63) is 88.4 Å². The molecule has 0 heterocycles. The SMILES string of the molecule is Cc1ccccc1NS(=O)(=O)c1cc(C(=O)N(C)Cc2cccc(O)c2)ccc1Cl. The van der Waals surface area contributed by atoms with Gasteiger partial charge in [0.2, 0.25) is 0 Å². The van der Waals surface area contributed by atoms with Crippen LogP contribution in [0.5, 0.6) is 5.75 Å². The van der Waals surface area contributed by atoms with Crippen molar-refractivity contribution < 1.29 is 18.3 Å². The highest BCUT2D eigenvalue weighted by atomic mass is 35.5. The van der Waals surface area contributed by atoms with Crippen LogP contribution in [-0.2, 0) is 16.6 Å². The lowest BCUT2D eigenvalue weighted by atomic mass is 10.1. The number of sulfonamides is 1. The van der Waals surface area contributed by atoms with Crippen molar-refractivity contribution in [3.63, 3.8) is 0 Å². The molecule has 0 atom stereocenters. The molecule has 0 spiro atoms. The van der Waals surface area contributed by atoms with E-state index in [1.54, 1.807) is 56.4 Å². The molecule has 30 heavy (non-hydrogen) atoms. The number of rotatable bonds is 6. The Labute approximate surface area is 180 Å². The molecular weight excluding hydrogens is 424 g/mol. The third-order valence-corrected chi connectivity index (χ3v) is 6.38. The lowest BCUT2D eigenvalue weighted by Crippen LogP contribution is -2.26. The molecule has 0 aliphatic rings. The van der Waals surface area contributed by atoms with Crippen molar-refractivity contribution in [3.8, 4) is 5.75 Å². The van der Waals surface area contributed by atoms with Gasteiger partial charge in [0, 0.05) is 19.2 Å². The summed E-state index contributed by atoms with van der Waals surface area (Å²) in [5.74, 6) is -0.266. The number of aryl methyl sites for hydroxylation is 1. The molecular formula is C22H21ClN2O4S. The number of anilines is 1. The number of hydrogen-bond acceptors (Lipinski definition) is 4. The van der Waals surface area contributed by atoms with Gasteiger partial charge >= 0.3 is 0 Å². The van der Waals surface area contributed by atoms with Crippen LogP contribution in [0, 0.1) is 6.92 Å². The molecule has 3 rings (SSSR count). The van der Waals surface area contributed by atoms with E-state index in [0.717, 1.165) is 11.1 Å². The molecule has 3 aromatic carbocycles. The number of nitrogens with one attached hydrogen (secondary N) is 1. The van der Waals surface area contributed by atoms with Gasteiger partial charge in [-0.3, -0.25) is 9.52 Å². The number of phenols is 1. The van der Waals surface area contributed by atoms with Gasteiger partial charge in [-0.2, -0.15) is 0 Å². The second kappa shape index (κ2) is 8.77. The van der Waals surface area contributed by atoms with Crippen LogP contribution < -0.4 is 4.72 Å². The number of para-hydroxylation sites is 1. The quantitative estimate of drug-likeness (QED) is 0.589. The minimum atomic E-state index is -4.00. The molecule has 0 unspecified atom stereocenters. The lowest BCUT2D eigenvalue weighted by molar-refractivity contribution is 0.0784. The molecule has 0 aromatic heterocycles. The molecule has 0 radical (unpaired) electrons. The highest BCUT2D eigenvalue weighted by Crippen LogP contribution is 2.27. The van der Waals surface area contributed by atoms with Gasteiger partial charge in [-0.1, -0.05) is 41.9 Å². The van der Waals surface area contributed by atoms with E-state index < -0.39 is 10.0 Å². The van der Waals surface area contributed by atoms with Crippen LogP contribution in [0.2, 0.25) is 5.02 Å². The molecule has 6 nitrogen and oxygen atoms in total. The molecule has 156 valence electrons. The first-order chi connectivity index (χ1) is 14.2. The molecule has 0 saturated heterocycles. The zero-order valence-corrected chi connectivity index (χ0v) is 18.0. The Hall–Kier alpha value is -3.03. The lowest BCUT2D eigenvalue weighted by Gasteiger charge is -2.18. The zero-order valence-electron chi connectivity index (χ0n) is 16.5. The molecule has 8 heteroatoms. The van der Waals surface area contributed by atoms with Crippen LogP contribution >= 0.6 is 11.6 Å². The minimum Gasteiger partial charge on any atom is -0.508 e. The van der Waals surface area contributed by atoms with Crippen LogP contribution in [0.15, 0.2) is 71.6 Å². The summed E-state index contributed by atoms with van der Waals surface area (Å²) in [7, 11) is -2.40. The average Bonchev–Trinajstić information content (AvgIpc) is 2.69. The summed E-state index contributed by atoms with van der Waals surface area (Å²) in [4.78, 5) is 14.1. The van der Waals surface area contributed by atoms with E-state index in [9.17, 15) is 18.3 Å². The van der Waals surface area contributed by atoms with Gasteiger partial charge in [0.05, 0.1) is 10.7 Å². The Bertz CT molecular complexity index is 1200. The second-order valence-electron chi connectivity index (χ2n) is 6.90. The Morgan fingerprint density at radius 2 is 1.80 bits per heavy atom. The van der Waals surface area contributed by atoms with Gasteiger partial charge < -0.3 is 10.0 Å². The minimum absolute atomic E-state index is 0.0169. The Kier molecular flexibility index (Phi) is 6.34. The van der Waals surface area contributed by atoms with Crippen molar-refractivity contribution in [1.82, 2.24) is 4.90 Å². The zero-order chi connectivity index (χ0) is 21.9. The topological polar surface area (TPSA) is 86.7 Å². The predicted molar refractivity (Wildman–Crippen MR) is 117 cm³/mol. The van der Waals surface area contributed by atoms with Crippen molar-refractivity contribution in [2.45, 2.75) is 18.4 Å². The van der Waals surface area contributed by atoms with Crippen LogP contribution in [-0.4, -0.2) is 31.4 Å². The monoisotopic (exact) mass is 444 g/mol. The number of halogens is 1. The first kappa shape index (κ1) is 21.7. The number of carbonyl (C=O) groups excluding carboxylic acids is 1. The summed E-state index contributed by atoms with van der Waals surface area (Å²) in [5, 5.41) is 9.60. The number of aromatic hydroxyl groups is 1. The number of amides is 1. The van der Waals surface area contributed by atoms with Crippen LogP contribution in [0.4, 0.5) is 5.69 Å². The fourth-order valence-corrected chi connectivity index (χ4v) is 4.61. The highest BCUT2D eigenvalue weighted by Gasteiger charge is 2.22. The number of phenolic OH excluding ortho intramolecular Hbond substituents is 1. The molecule has 0 aliphatic heterocycles. The third kappa shape index (κ3) is 4.93. The van der Waals surface area contributed by atoms with E-state index >= 15 is 0 Å². The normalized spacial score (nSPS) is 11.2. The van der Waals surface area contributed by atoms with Gasteiger partial charge in [-0.15, -0.1) is 0 Å². The summed E-state index contributed by atoms with van der Waals surface area (Å²) < 4.78 is 28.3. The van der Waals surface area contributed by atoms with E-state index in [2.05, 4.69) is 4.72 Å². The first-order valence-corrected chi connectivity index (χ1v) is 10.9. The average molecular weight is 445 g/mol. The van der Waals surface area contributed by atoms with Crippen molar-refractivity contribution in [1.29, 1.82) is 0 Å².